The third-order valence-electron chi connectivity index (χ3n) is 4.52. The molecule has 27 heavy (non-hydrogen) atoms. The second-order valence-electron chi connectivity index (χ2n) is 6.71. The van der Waals surface area contributed by atoms with Gasteiger partial charge in [0.1, 0.15) is 5.82 Å². The van der Waals surface area contributed by atoms with Crippen LogP contribution in [0.4, 0.5) is 4.39 Å². The van der Waals surface area contributed by atoms with E-state index in [1.54, 1.807) is 48.2 Å². The standard InChI is InChI=1S/C20H23FN4OS/c1-13-10-14(7-8-15(13)21)17-11-16(23-25(17)4)20(26)22-12-18(24(2)3)19-6-5-9-27-19/h5-11,18H,12H2,1-4H3,(H,22,26). The van der Waals surface area contributed by atoms with Gasteiger partial charge in [0.25, 0.3) is 5.91 Å². The number of aryl methyl sites for hydroxylation is 2. The molecule has 1 aromatic carbocycles. The lowest BCUT2D eigenvalue weighted by molar-refractivity contribution is 0.0936. The molecule has 142 valence electrons. The second kappa shape index (κ2) is 8.02. The summed E-state index contributed by atoms with van der Waals surface area (Å²) in [6.45, 7) is 2.21. The zero-order chi connectivity index (χ0) is 19.6. The largest absolute Gasteiger partial charge is 0.349 e. The van der Waals surface area contributed by atoms with Crippen molar-refractivity contribution in [2.75, 3.05) is 20.6 Å². The molecule has 0 aliphatic rings. The van der Waals surface area contributed by atoms with Crippen molar-refractivity contribution < 1.29 is 9.18 Å². The van der Waals surface area contributed by atoms with Crippen LogP contribution in [0.25, 0.3) is 11.3 Å². The molecule has 1 amide bonds. The lowest BCUT2D eigenvalue weighted by Crippen LogP contribution is -2.34. The Bertz CT molecular complexity index is 934. The smallest absolute Gasteiger partial charge is 0.271 e. The van der Waals surface area contributed by atoms with E-state index in [1.807, 2.05) is 25.5 Å². The summed E-state index contributed by atoms with van der Waals surface area (Å²) in [6.07, 6.45) is 0. The number of likely N-dealkylation sites (N-methyl/N-ethyl adjacent to an activating group) is 1. The van der Waals surface area contributed by atoms with E-state index >= 15 is 0 Å². The average molecular weight is 386 g/mol. The van der Waals surface area contributed by atoms with E-state index in [-0.39, 0.29) is 17.8 Å². The summed E-state index contributed by atoms with van der Waals surface area (Å²) in [4.78, 5) is 15.9. The summed E-state index contributed by atoms with van der Waals surface area (Å²) in [7, 11) is 5.76. The Labute approximate surface area is 162 Å². The fourth-order valence-corrected chi connectivity index (χ4v) is 3.87. The van der Waals surface area contributed by atoms with Crippen LogP contribution in [0.2, 0.25) is 0 Å². The highest BCUT2D eigenvalue weighted by Gasteiger charge is 2.19. The van der Waals surface area contributed by atoms with Crippen molar-refractivity contribution in [2.45, 2.75) is 13.0 Å². The highest BCUT2D eigenvalue weighted by atomic mass is 32.1. The number of amides is 1. The number of benzene rings is 1. The van der Waals surface area contributed by atoms with Gasteiger partial charge in [0.2, 0.25) is 0 Å². The van der Waals surface area contributed by atoms with Gasteiger partial charge in [-0.25, -0.2) is 4.39 Å². The Morgan fingerprint density at radius 2 is 2.11 bits per heavy atom. The normalized spacial score (nSPS) is 12.4. The molecule has 1 unspecified atom stereocenters. The van der Waals surface area contributed by atoms with Crippen LogP contribution in [0, 0.1) is 12.7 Å². The number of carbonyl (C=O) groups excluding carboxylic acids is 1. The zero-order valence-corrected chi connectivity index (χ0v) is 16.7. The number of nitrogens with zero attached hydrogens (tertiary/aromatic N) is 3. The number of nitrogens with one attached hydrogen (secondary N) is 1. The van der Waals surface area contributed by atoms with Gasteiger partial charge in [0.05, 0.1) is 11.7 Å². The molecular weight excluding hydrogens is 363 g/mol. The maximum absolute atomic E-state index is 13.5. The first-order valence-electron chi connectivity index (χ1n) is 8.65. The Kier molecular flexibility index (Phi) is 5.72. The minimum Gasteiger partial charge on any atom is -0.349 e. The first-order chi connectivity index (χ1) is 12.9. The maximum Gasteiger partial charge on any atom is 0.271 e. The van der Waals surface area contributed by atoms with Crippen LogP contribution in [-0.4, -0.2) is 41.2 Å². The minimum atomic E-state index is -0.248. The van der Waals surface area contributed by atoms with Gasteiger partial charge in [-0.05, 0) is 62.3 Å². The summed E-state index contributed by atoms with van der Waals surface area (Å²) in [5, 5.41) is 9.33. The van der Waals surface area contributed by atoms with E-state index < -0.39 is 0 Å². The van der Waals surface area contributed by atoms with Gasteiger partial charge < -0.3 is 10.2 Å². The number of rotatable bonds is 6. The summed E-state index contributed by atoms with van der Waals surface area (Å²) in [6, 6.07) is 10.8. The van der Waals surface area contributed by atoms with Crippen LogP contribution < -0.4 is 5.32 Å². The maximum atomic E-state index is 13.5. The van der Waals surface area contributed by atoms with Gasteiger partial charge >= 0.3 is 0 Å². The number of carbonyl (C=O) groups is 1. The summed E-state index contributed by atoms with van der Waals surface area (Å²) < 4.78 is 15.2. The van der Waals surface area contributed by atoms with Crippen molar-refractivity contribution in [3.63, 3.8) is 0 Å². The molecule has 0 radical (unpaired) electrons. The number of hydrogen-bond donors (Lipinski definition) is 1. The molecule has 0 aliphatic carbocycles. The molecule has 0 fully saturated rings. The third-order valence-corrected chi connectivity index (χ3v) is 5.49. The highest BCUT2D eigenvalue weighted by Crippen LogP contribution is 2.24. The third kappa shape index (κ3) is 4.26. The number of thiophene rings is 1. The number of aromatic nitrogens is 2. The number of hydrogen-bond acceptors (Lipinski definition) is 4. The Balaban J connectivity index is 1.75. The molecular formula is C20H23FN4OS. The summed E-state index contributed by atoms with van der Waals surface area (Å²) >= 11 is 1.67. The SMILES string of the molecule is Cc1cc(-c2cc(C(=O)NCC(c3cccs3)N(C)C)nn2C)ccc1F. The lowest BCUT2D eigenvalue weighted by Gasteiger charge is -2.23. The van der Waals surface area contributed by atoms with E-state index in [0.29, 0.717) is 17.8 Å². The molecule has 1 N–H and O–H groups in total. The molecule has 2 aromatic heterocycles. The van der Waals surface area contributed by atoms with Gasteiger partial charge in [-0.2, -0.15) is 5.10 Å². The quantitative estimate of drug-likeness (QED) is 0.704. The van der Waals surface area contributed by atoms with Gasteiger partial charge in [-0.3, -0.25) is 9.48 Å². The van der Waals surface area contributed by atoms with Crippen LogP contribution in [-0.2, 0) is 7.05 Å². The molecule has 0 saturated heterocycles. The first kappa shape index (κ1) is 19.3. The van der Waals surface area contributed by atoms with Crippen molar-refractivity contribution in [2.24, 2.45) is 7.05 Å². The van der Waals surface area contributed by atoms with Crippen LogP contribution in [0.1, 0.15) is 27.0 Å². The van der Waals surface area contributed by atoms with Crippen molar-refractivity contribution in [1.29, 1.82) is 0 Å². The van der Waals surface area contributed by atoms with E-state index in [9.17, 15) is 9.18 Å². The zero-order valence-electron chi connectivity index (χ0n) is 15.9. The molecule has 3 aromatic rings. The number of halogens is 1. The Morgan fingerprint density at radius 1 is 1.33 bits per heavy atom. The molecule has 0 spiro atoms. The monoisotopic (exact) mass is 386 g/mol. The topological polar surface area (TPSA) is 50.2 Å². The highest BCUT2D eigenvalue weighted by molar-refractivity contribution is 7.10. The molecule has 2 heterocycles. The summed E-state index contributed by atoms with van der Waals surface area (Å²) in [5.41, 5.74) is 2.50. The lowest BCUT2D eigenvalue weighted by atomic mass is 10.1. The van der Waals surface area contributed by atoms with E-state index in [0.717, 1.165) is 11.3 Å². The van der Waals surface area contributed by atoms with Gasteiger partial charge in [-0.1, -0.05) is 6.07 Å². The van der Waals surface area contributed by atoms with Crippen molar-refractivity contribution in [1.82, 2.24) is 20.0 Å². The van der Waals surface area contributed by atoms with Crippen molar-refractivity contribution >= 4 is 17.2 Å². The van der Waals surface area contributed by atoms with Gasteiger partial charge in [0, 0.05) is 24.0 Å². The fourth-order valence-electron chi connectivity index (χ4n) is 2.95. The molecule has 5 nitrogen and oxygen atoms in total. The minimum absolute atomic E-state index is 0.108. The Hall–Kier alpha value is -2.51. The van der Waals surface area contributed by atoms with Crippen molar-refractivity contribution in [3.05, 3.63) is 63.7 Å². The Morgan fingerprint density at radius 3 is 2.74 bits per heavy atom. The molecule has 0 aliphatic heterocycles. The first-order valence-corrected chi connectivity index (χ1v) is 9.53. The second-order valence-corrected chi connectivity index (χ2v) is 7.69. The average Bonchev–Trinajstić information content (AvgIpc) is 3.27. The fraction of sp³-hybridized carbons (Fsp3) is 0.300. The van der Waals surface area contributed by atoms with Gasteiger partial charge in [0.15, 0.2) is 5.69 Å². The van der Waals surface area contributed by atoms with E-state index in [1.165, 1.54) is 10.9 Å². The van der Waals surface area contributed by atoms with Crippen LogP contribution in [0.5, 0.6) is 0 Å². The molecule has 0 bridgehead atoms. The van der Waals surface area contributed by atoms with E-state index in [2.05, 4.69) is 21.4 Å². The summed E-state index contributed by atoms with van der Waals surface area (Å²) in [5.74, 6) is -0.471. The van der Waals surface area contributed by atoms with Crippen LogP contribution >= 0.6 is 11.3 Å². The van der Waals surface area contributed by atoms with Gasteiger partial charge in [-0.15, -0.1) is 11.3 Å². The van der Waals surface area contributed by atoms with Crippen molar-refractivity contribution in [3.8, 4) is 11.3 Å². The molecule has 0 saturated carbocycles. The molecule has 1 atom stereocenters. The van der Waals surface area contributed by atoms with Crippen LogP contribution in [0.15, 0.2) is 41.8 Å². The van der Waals surface area contributed by atoms with E-state index in [4.69, 9.17) is 0 Å². The molecule has 3 rings (SSSR count). The van der Waals surface area contributed by atoms with Crippen LogP contribution in [0.3, 0.4) is 0 Å². The predicted octanol–water partition coefficient (Wildman–Crippen LogP) is 3.63. The molecule has 7 heteroatoms. The predicted molar refractivity (Wildman–Crippen MR) is 106 cm³/mol.